The fraction of sp³-hybridized carbons (Fsp3) is 0.533. The first-order valence-corrected chi connectivity index (χ1v) is 8.01. The van der Waals surface area contributed by atoms with Gasteiger partial charge in [-0.1, -0.05) is 6.07 Å². The van der Waals surface area contributed by atoms with Crippen LogP contribution in [0.1, 0.15) is 12.8 Å². The Kier molecular flexibility index (Phi) is 7.47. The fourth-order valence-electron chi connectivity index (χ4n) is 1.99. The van der Waals surface area contributed by atoms with Crippen LogP contribution in [-0.2, 0) is 4.79 Å². The van der Waals surface area contributed by atoms with Crippen molar-refractivity contribution >= 4 is 23.4 Å². The van der Waals surface area contributed by atoms with Gasteiger partial charge in [-0.15, -0.1) is 11.8 Å². The molecular weight excluding hydrogens is 272 g/mol. The highest BCUT2D eigenvalue weighted by molar-refractivity contribution is 7.98. The third kappa shape index (κ3) is 6.30. The zero-order valence-corrected chi connectivity index (χ0v) is 13.3. The van der Waals surface area contributed by atoms with Gasteiger partial charge in [0.2, 0.25) is 0 Å². The van der Waals surface area contributed by atoms with Gasteiger partial charge in [0.25, 0.3) is 0 Å². The average Bonchev–Trinajstić information content (AvgIpc) is 2.42. The van der Waals surface area contributed by atoms with E-state index in [1.807, 2.05) is 12.3 Å². The van der Waals surface area contributed by atoms with Crippen LogP contribution >= 0.6 is 11.8 Å². The number of carboxylic acids is 1. The molecule has 1 rings (SSSR count). The minimum absolute atomic E-state index is 0.172. The SMILES string of the molecule is CSc1cccc(N(CCCN(C)C)CCC(=O)O)c1. The summed E-state index contributed by atoms with van der Waals surface area (Å²) in [5, 5.41) is 8.88. The minimum Gasteiger partial charge on any atom is -0.481 e. The third-order valence-electron chi connectivity index (χ3n) is 3.05. The quantitative estimate of drug-likeness (QED) is 0.710. The van der Waals surface area contributed by atoms with E-state index in [-0.39, 0.29) is 6.42 Å². The summed E-state index contributed by atoms with van der Waals surface area (Å²) >= 11 is 1.70. The summed E-state index contributed by atoms with van der Waals surface area (Å²) in [6, 6.07) is 8.28. The molecule has 0 aliphatic heterocycles. The molecule has 0 amide bonds. The molecule has 0 heterocycles. The van der Waals surface area contributed by atoms with E-state index in [4.69, 9.17) is 5.11 Å². The molecule has 20 heavy (non-hydrogen) atoms. The first kappa shape index (κ1) is 16.9. The Balaban J connectivity index is 2.71. The number of aliphatic carboxylic acids is 1. The summed E-state index contributed by atoms with van der Waals surface area (Å²) in [5.74, 6) is -0.747. The molecule has 5 heteroatoms. The van der Waals surface area contributed by atoms with Crippen LogP contribution < -0.4 is 4.90 Å². The van der Waals surface area contributed by atoms with Gasteiger partial charge in [-0.2, -0.15) is 0 Å². The Morgan fingerprint density at radius 3 is 2.60 bits per heavy atom. The Hall–Kier alpha value is -1.20. The topological polar surface area (TPSA) is 43.8 Å². The van der Waals surface area contributed by atoms with Gasteiger partial charge in [0.05, 0.1) is 6.42 Å². The second-order valence-electron chi connectivity index (χ2n) is 4.99. The van der Waals surface area contributed by atoms with E-state index in [0.717, 1.165) is 25.2 Å². The number of thioether (sulfide) groups is 1. The van der Waals surface area contributed by atoms with Gasteiger partial charge in [0, 0.05) is 23.7 Å². The number of rotatable bonds is 9. The van der Waals surface area contributed by atoms with Crippen molar-refractivity contribution in [2.75, 3.05) is 44.9 Å². The molecule has 0 saturated heterocycles. The second kappa shape index (κ2) is 8.87. The summed E-state index contributed by atoms with van der Waals surface area (Å²) < 4.78 is 0. The van der Waals surface area contributed by atoms with E-state index in [1.165, 1.54) is 4.90 Å². The average molecular weight is 296 g/mol. The lowest BCUT2D eigenvalue weighted by molar-refractivity contribution is -0.136. The van der Waals surface area contributed by atoms with E-state index in [2.05, 4.69) is 42.1 Å². The zero-order valence-electron chi connectivity index (χ0n) is 12.5. The highest BCUT2D eigenvalue weighted by Crippen LogP contribution is 2.22. The highest BCUT2D eigenvalue weighted by Gasteiger charge is 2.09. The van der Waals surface area contributed by atoms with Crippen molar-refractivity contribution in [2.45, 2.75) is 17.7 Å². The van der Waals surface area contributed by atoms with E-state index in [9.17, 15) is 4.79 Å². The molecule has 4 nitrogen and oxygen atoms in total. The van der Waals surface area contributed by atoms with Crippen LogP contribution in [0.15, 0.2) is 29.2 Å². The van der Waals surface area contributed by atoms with Gasteiger partial charge in [-0.25, -0.2) is 0 Å². The standard InChI is InChI=1S/C15H24N2O2S/c1-16(2)9-5-10-17(11-8-15(18)19)13-6-4-7-14(12-13)20-3/h4,6-7,12H,5,8-11H2,1-3H3,(H,18,19). The number of nitrogens with zero attached hydrogens (tertiary/aromatic N) is 2. The number of benzene rings is 1. The summed E-state index contributed by atoms with van der Waals surface area (Å²) in [4.78, 5) is 16.3. The molecule has 0 saturated carbocycles. The summed E-state index contributed by atoms with van der Waals surface area (Å²) in [5.41, 5.74) is 1.11. The predicted octanol–water partition coefficient (Wildman–Crippen LogP) is 2.64. The zero-order chi connectivity index (χ0) is 15.0. The van der Waals surface area contributed by atoms with Crippen LogP contribution in [0.3, 0.4) is 0 Å². The van der Waals surface area contributed by atoms with Crippen LogP contribution in [0.4, 0.5) is 5.69 Å². The lowest BCUT2D eigenvalue weighted by Gasteiger charge is -2.25. The number of hydrogen-bond acceptors (Lipinski definition) is 4. The van der Waals surface area contributed by atoms with E-state index in [0.29, 0.717) is 6.54 Å². The van der Waals surface area contributed by atoms with Crippen molar-refractivity contribution in [1.82, 2.24) is 4.90 Å². The Labute approximate surface area is 125 Å². The molecule has 1 aromatic rings. The maximum absolute atomic E-state index is 10.8. The highest BCUT2D eigenvalue weighted by atomic mass is 32.2. The number of hydrogen-bond donors (Lipinski definition) is 1. The maximum atomic E-state index is 10.8. The summed E-state index contributed by atoms with van der Waals surface area (Å²) in [7, 11) is 4.10. The van der Waals surface area contributed by atoms with Crippen LogP contribution in [0.5, 0.6) is 0 Å². The van der Waals surface area contributed by atoms with Crippen molar-refractivity contribution in [2.24, 2.45) is 0 Å². The fourth-order valence-corrected chi connectivity index (χ4v) is 2.44. The van der Waals surface area contributed by atoms with Gasteiger partial charge >= 0.3 is 5.97 Å². The van der Waals surface area contributed by atoms with Crippen LogP contribution in [0, 0.1) is 0 Å². The normalized spacial score (nSPS) is 10.8. The lowest BCUT2D eigenvalue weighted by atomic mass is 10.2. The van der Waals surface area contributed by atoms with Gasteiger partial charge in [-0.3, -0.25) is 4.79 Å². The molecular formula is C15H24N2O2S. The smallest absolute Gasteiger partial charge is 0.305 e. The Morgan fingerprint density at radius 2 is 2.00 bits per heavy atom. The number of anilines is 1. The van der Waals surface area contributed by atoms with Crippen molar-refractivity contribution < 1.29 is 9.90 Å². The van der Waals surface area contributed by atoms with E-state index < -0.39 is 5.97 Å². The second-order valence-corrected chi connectivity index (χ2v) is 5.87. The maximum Gasteiger partial charge on any atom is 0.305 e. The third-order valence-corrected chi connectivity index (χ3v) is 3.77. The van der Waals surface area contributed by atoms with Crippen molar-refractivity contribution in [3.05, 3.63) is 24.3 Å². The monoisotopic (exact) mass is 296 g/mol. The number of carbonyl (C=O) groups is 1. The van der Waals surface area contributed by atoms with E-state index in [1.54, 1.807) is 11.8 Å². The summed E-state index contributed by atoms with van der Waals surface area (Å²) in [6.45, 7) is 2.44. The van der Waals surface area contributed by atoms with Crippen molar-refractivity contribution in [3.63, 3.8) is 0 Å². The molecule has 112 valence electrons. The molecule has 1 N–H and O–H groups in total. The largest absolute Gasteiger partial charge is 0.481 e. The van der Waals surface area contributed by atoms with Crippen LogP contribution in [0.25, 0.3) is 0 Å². The van der Waals surface area contributed by atoms with Gasteiger partial charge in [0.15, 0.2) is 0 Å². The van der Waals surface area contributed by atoms with Crippen molar-refractivity contribution in [1.29, 1.82) is 0 Å². The molecule has 0 spiro atoms. The van der Waals surface area contributed by atoms with Gasteiger partial charge in [-0.05, 0) is 51.5 Å². The molecule has 0 aliphatic rings. The lowest BCUT2D eigenvalue weighted by Crippen LogP contribution is -2.29. The van der Waals surface area contributed by atoms with E-state index >= 15 is 0 Å². The number of carboxylic acid groups (broad SMARTS) is 1. The molecule has 0 aromatic heterocycles. The van der Waals surface area contributed by atoms with Crippen LogP contribution in [0.2, 0.25) is 0 Å². The van der Waals surface area contributed by atoms with Gasteiger partial charge < -0.3 is 14.9 Å². The van der Waals surface area contributed by atoms with Crippen LogP contribution in [-0.4, -0.2) is 56.0 Å². The first-order chi connectivity index (χ1) is 9.52. The molecule has 0 bridgehead atoms. The van der Waals surface area contributed by atoms with Gasteiger partial charge in [0.1, 0.15) is 0 Å². The Morgan fingerprint density at radius 1 is 1.25 bits per heavy atom. The molecule has 1 aromatic carbocycles. The first-order valence-electron chi connectivity index (χ1n) is 6.78. The molecule has 0 aliphatic carbocycles. The molecule has 0 unspecified atom stereocenters. The van der Waals surface area contributed by atoms with Crippen molar-refractivity contribution in [3.8, 4) is 0 Å². The minimum atomic E-state index is -0.747. The molecule has 0 atom stereocenters. The molecule has 0 fully saturated rings. The Bertz CT molecular complexity index is 424. The predicted molar refractivity (Wildman–Crippen MR) is 85.9 cm³/mol. The molecule has 0 radical (unpaired) electrons. The summed E-state index contributed by atoms with van der Waals surface area (Å²) in [6.07, 6.45) is 3.24.